The minimum atomic E-state index is 0.409. The molecule has 1 saturated heterocycles. The van der Waals surface area contributed by atoms with Gasteiger partial charge in [0.1, 0.15) is 0 Å². The van der Waals surface area contributed by atoms with Crippen LogP contribution in [0.15, 0.2) is 48.7 Å². The Kier molecular flexibility index (Phi) is 4.65. The van der Waals surface area contributed by atoms with Crippen molar-refractivity contribution in [3.8, 4) is 0 Å². The lowest BCUT2D eigenvalue weighted by Gasteiger charge is -2.40. The van der Waals surface area contributed by atoms with E-state index in [2.05, 4.69) is 55.3 Å². The van der Waals surface area contributed by atoms with Gasteiger partial charge in [-0.05, 0) is 51.0 Å². The molecule has 0 spiro atoms. The Morgan fingerprint density at radius 1 is 1.42 bits per heavy atom. The molecule has 1 aliphatic carbocycles. The molecule has 2 heteroatoms. The van der Waals surface area contributed by atoms with Crippen LogP contribution in [0.3, 0.4) is 0 Å². The average molecular weight is 258 g/mol. The Bertz CT molecular complexity index is 397. The zero-order chi connectivity index (χ0) is 13.8. The van der Waals surface area contributed by atoms with Crippen LogP contribution in [0.25, 0.3) is 0 Å². The molecule has 0 bridgehead atoms. The third kappa shape index (κ3) is 3.19. The Morgan fingerprint density at radius 3 is 2.74 bits per heavy atom. The molecule has 0 saturated carbocycles. The van der Waals surface area contributed by atoms with Crippen LogP contribution >= 0.6 is 0 Å². The van der Waals surface area contributed by atoms with Gasteiger partial charge in [-0.25, -0.2) is 0 Å². The maximum atomic E-state index is 4.16. The molecule has 1 fully saturated rings. The Balaban J connectivity index is 2.09. The van der Waals surface area contributed by atoms with Crippen molar-refractivity contribution in [2.24, 2.45) is 5.92 Å². The summed E-state index contributed by atoms with van der Waals surface area (Å²) in [5, 5.41) is 0. The van der Waals surface area contributed by atoms with E-state index in [-0.39, 0.29) is 0 Å². The number of rotatable bonds is 4. The van der Waals surface area contributed by atoms with Crippen molar-refractivity contribution in [1.82, 2.24) is 9.80 Å². The van der Waals surface area contributed by atoms with E-state index in [1.165, 1.54) is 31.6 Å². The third-order valence-electron chi connectivity index (χ3n) is 4.48. The van der Waals surface area contributed by atoms with Crippen LogP contribution in [-0.2, 0) is 0 Å². The number of piperidine rings is 1. The van der Waals surface area contributed by atoms with E-state index in [4.69, 9.17) is 0 Å². The summed E-state index contributed by atoms with van der Waals surface area (Å²) in [6.07, 6.45) is 12.1. The van der Waals surface area contributed by atoms with Gasteiger partial charge in [0, 0.05) is 24.7 Å². The van der Waals surface area contributed by atoms with Gasteiger partial charge in [0.15, 0.2) is 0 Å². The molecule has 19 heavy (non-hydrogen) atoms. The molecule has 1 heterocycles. The highest BCUT2D eigenvalue weighted by Gasteiger charge is 2.26. The van der Waals surface area contributed by atoms with Crippen molar-refractivity contribution in [3.05, 3.63) is 48.7 Å². The number of allylic oxidation sites excluding steroid dienone is 5. The lowest BCUT2D eigenvalue weighted by molar-refractivity contribution is 0.162. The number of hydrogen-bond donors (Lipinski definition) is 0. The van der Waals surface area contributed by atoms with Crippen LogP contribution in [-0.4, -0.2) is 43.0 Å². The summed E-state index contributed by atoms with van der Waals surface area (Å²) in [6, 6.07) is 0.661. The minimum Gasteiger partial charge on any atom is -0.374 e. The summed E-state index contributed by atoms with van der Waals surface area (Å²) in [5.74, 6) is 0.409. The van der Waals surface area contributed by atoms with Gasteiger partial charge in [-0.3, -0.25) is 0 Å². The fraction of sp³-hybridized carbons (Fsp3) is 0.529. The SMILES string of the molecule is C=CC(=C)C1CC=CC=C1N(C)C1CCN(C)CC1. The van der Waals surface area contributed by atoms with Crippen LogP contribution in [0.2, 0.25) is 0 Å². The zero-order valence-corrected chi connectivity index (χ0v) is 12.3. The lowest BCUT2D eigenvalue weighted by Crippen LogP contribution is -2.42. The number of hydrogen-bond acceptors (Lipinski definition) is 2. The van der Waals surface area contributed by atoms with E-state index in [9.17, 15) is 0 Å². The maximum absolute atomic E-state index is 4.16. The van der Waals surface area contributed by atoms with Crippen molar-refractivity contribution in [3.63, 3.8) is 0 Å². The second-order valence-electron chi connectivity index (χ2n) is 5.73. The lowest BCUT2D eigenvalue weighted by atomic mass is 9.88. The first-order valence-corrected chi connectivity index (χ1v) is 7.22. The first kappa shape index (κ1) is 14.1. The molecule has 1 atom stereocenters. The van der Waals surface area contributed by atoms with Crippen LogP contribution in [0.4, 0.5) is 0 Å². The van der Waals surface area contributed by atoms with E-state index in [0.29, 0.717) is 12.0 Å². The van der Waals surface area contributed by atoms with Gasteiger partial charge in [-0.1, -0.05) is 31.4 Å². The van der Waals surface area contributed by atoms with Crippen molar-refractivity contribution < 1.29 is 0 Å². The summed E-state index contributed by atoms with van der Waals surface area (Å²) >= 11 is 0. The molecule has 2 aliphatic rings. The van der Waals surface area contributed by atoms with E-state index < -0.39 is 0 Å². The van der Waals surface area contributed by atoms with Gasteiger partial charge in [0.25, 0.3) is 0 Å². The van der Waals surface area contributed by atoms with E-state index >= 15 is 0 Å². The third-order valence-corrected chi connectivity index (χ3v) is 4.48. The van der Waals surface area contributed by atoms with Gasteiger partial charge < -0.3 is 9.80 Å². The van der Waals surface area contributed by atoms with Crippen LogP contribution < -0.4 is 0 Å². The first-order chi connectivity index (χ1) is 9.13. The number of nitrogens with zero attached hydrogens (tertiary/aromatic N) is 2. The predicted molar refractivity (Wildman–Crippen MR) is 82.9 cm³/mol. The Hall–Kier alpha value is -1.28. The molecule has 2 rings (SSSR count). The summed E-state index contributed by atoms with van der Waals surface area (Å²) < 4.78 is 0. The Morgan fingerprint density at radius 2 is 2.11 bits per heavy atom. The standard InChI is InChI=1S/C17H26N2/c1-5-14(2)16-8-6-7-9-17(16)19(4)15-10-12-18(3)13-11-15/h5-7,9,15-16H,1-2,8,10-13H2,3-4H3. The second-order valence-corrected chi connectivity index (χ2v) is 5.73. The molecule has 0 amide bonds. The van der Waals surface area contributed by atoms with Gasteiger partial charge >= 0.3 is 0 Å². The molecule has 1 unspecified atom stereocenters. The normalized spacial score (nSPS) is 24.9. The van der Waals surface area contributed by atoms with Crippen molar-refractivity contribution in [1.29, 1.82) is 0 Å². The Labute approximate surface area is 117 Å². The first-order valence-electron chi connectivity index (χ1n) is 7.22. The van der Waals surface area contributed by atoms with Gasteiger partial charge in [-0.15, -0.1) is 0 Å². The molecular weight excluding hydrogens is 232 g/mol. The van der Waals surface area contributed by atoms with Gasteiger partial charge in [0.2, 0.25) is 0 Å². The van der Waals surface area contributed by atoms with Crippen molar-refractivity contribution in [2.45, 2.75) is 25.3 Å². The maximum Gasteiger partial charge on any atom is 0.0308 e. The molecule has 0 radical (unpaired) electrons. The second kappa shape index (κ2) is 6.25. The molecule has 0 N–H and O–H groups in total. The summed E-state index contributed by atoms with van der Waals surface area (Å²) in [5.41, 5.74) is 2.54. The number of likely N-dealkylation sites (tertiary alicyclic amines) is 1. The highest BCUT2D eigenvalue weighted by Crippen LogP contribution is 2.32. The molecule has 1 aliphatic heterocycles. The summed E-state index contributed by atoms with van der Waals surface area (Å²) in [6.45, 7) is 10.4. The van der Waals surface area contributed by atoms with Crippen LogP contribution in [0.5, 0.6) is 0 Å². The molecule has 0 aromatic carbocycles. The topological polar surface area (TPSA) is 6.48 Å². The highest BCUT2D eigenvalue weighted by molar-refractivity contribution is 5.32. The fourth-order valence-electron chi connectivity index (χ4n) is 3.06. The predicted octanol–water partition coefficient (Wildman–Crippen LogP) is 3.21. The van der Waals surface area contributed by atoms with Crippen LogP contribution in [0, 0.1) is 5.92 Å². The van der Waals surface area contributed by atoms with Gasteiger partial charge in [0.05, 0.1) is 0 Å². The zero-order valence-electron chi connectivity index (χ0n) is 12.3. The fourth-order valence-corrected chi connectivity index (χ4v) is 3.06. The smallest absolute Gasteiger partial charge is 0.0308 e. The molecule has 0 aromatic rings. The largest absolute Gasteiger partial charge is 0.374 e. The molecular formula is C17H26N2. The van der Waals surface area contributed by atoms with Crippen molar-refractivity contribution in [2.75, 3.05) is 27.2 Å². The van der Waals surface area contributed by atoms with Crippen LogP contribution in [0.1, 0.15) is 19.3 Å². The molecule has 0 aromatic heterocycles. The summed E-state index contributed by atoms with van der Waals surface area (Å²) in [4.78, 5) is 4.90. The van der Waals surface area contributed by atoms with E-state index in [1.54, 1.807) is 0 Å². The summed E-state index contributed by atoms with van der Waals surface area (Å²) in [7, 11) is 4.45. The average Bonchev–Trinajstić information content (AvgIpc) is 2.46. The highest BCUT2D eigenvalue weighted by atomic mass is 15.2. The minimum absolute atomic E-state index is 0.409. The molecule has 2 nitrogen and oxygen atoms in total. The van der Waals surface area contributed by atoms with Crippen molar-refractivity contribution >= 4 is 0 Å². The van der Waals surface area contributed by atoms with Gasteiger partial charge in [-0.2, -0.15) is 0 Å². The quantitative estimate of drug-likeness (QED) is 0.714. The van der Waals surface area contributed by atoms with E-state index in [1.807, 2.05) is 6.08 Å². The monoisotopic (exact) mass is 258 g/mol. The molecule has 104 valence electrons. The van der Waals surface area contributed by atoms with E-state index in [0.717, 1.165) is 12.0 Å².